The van der Waals surface area contributed by atoms with E-state index in [1.807, 2.05) is 4.90 Å². The van der Waals surface area contributed by atoms with Crippen LogP contribution in [0.2, 0.25) is 0 Å². The Morgan fingerprint density at radius 1 is 0.920 bits per heavy atom. The number of aliphatic hydroxyl groups is 2. The highest BCUT2D eigenvalue weighted by atomic mass is 19.2. The van der Waals surface area contributed by atoms with Crippen molar-refractivity contribution in [1.29, 1.82) is 0 Å². The van der Waals surface area contributed by atoms with E-state index in [1.165, 1.54) is 0 Å². The molecule has 1 aromatic carbocycles. The van der Waals surface area contributed by atoms with Crippen molar-refractivity contribution in [3.05, 3.63) is 34.6 Å². The molecule has 2 rings (SSSR count). The lowest BCUT2D eigenvalue weighted by molar-refractivity contribution is 0.160. The molecule has 1 saturated heterocycles. The molecule has 2 atom stereocenters. The average Bonchev–Trinajstić information content (AvgIpc) is 2.96. The molecule has 142 valence electrons. The summed E-state index contributed by atoms with van der Waals surface area (Å²) in [7, 11) is 1.79. The summed E-state index contributed by atoms with van der Waals surface area (Å²) >= 11 is 0. The van der Waals surface area contributed by atoms with Crippen LogP contribution in [0, 0.1) is 40.9 Å². The third-order valence-corrected chi connectivity index (χ3v) is 4.60. The number of hydrogen-bond acceptors (Lipinski definition) is 4. The van der Waals surface area contributed by atoms with Crippen LogP contribution in [-0.2, 0) is 6.54 Å². The van der Waals surface area contributed by atoms with Gasteiger partial charge in [-0.2, -0.15) is 0 Å². The molecule has 0 unspecified atom stereocenters. The largest absolute Gasteiger partial charge is 0.396 e. The maximum Gasteiger partial charge on any atom is 0.200 e. The summed E-state index contributed by atoms with van der Waals surface area (Å²) in [6, 6.07) is 0. The van der Waals surface area contributed by atoms with Crippen LogP contribution in [0.4, 0.5) is 22.0 Å². The van der Waals surface area contributed by atoms with E-state index in [0.717, 1.165) is 0 Å². The summed E-state index contributed by atoms with van der Waals surface area (Å²) in [5.41, 5.74) is -0.863. The maximum atomic E-state index is 13.8. The highest BCUT2D eigenvalue weighted by Gasteiger charge is 2.35. The zero-order chi connectivity index (χ0) is 18.7. The molecule has 2 N–H and O–H groups in total. The molecule has 0 aromatic heterocycles. The van der Waals surface area contributed by atoms with Crippen molar-refractivity contribution >= 4 is 0 Å². The molecule has 4 nitrogen and oxygen atoms in total. The van der Waals surface area contributed by atoms with Crippen LogP contribution >= 0.6 is 0 Å². The van der Waals surface area contributed by atoms with Gasteiger partial charge in [-0.1, -0.05) is 0 Å². The van der Waals surface area contributed by atoms with Gasteiger partial charge in [0.05, 0.1) is 6.61 Å². The van der Waals surface area contributed by atoms with Gasteiger partial charge in [0.1, 0.15) is 0 Å². The van der Waals surface area contributed by atoms with Gasteiger partial charge in [-0.25, -0.2) is 22.0 Å². The zero-order valence-corrected chi connectivity index (χ0v) is 13.8. The van der Waals surface area contributed by atoms with Gasteiger partial charge in [0, 0.05) is 44.9 Å². The van der Waals surface area contributed by atoms with Crippen molar-refractivity contribution in [3.63, 3.8) is 0 Å². The van der Waals surface area contributed by atoms with E-state index in [-0.39, 0.29) is 31.6 Å². The Hall–Kier alpha value is -1.29. The Kier molecular flexibility index (Phi) is 6.72. The fourth-order valence-corrected chi connectivity index (χ4v) is 3.25. The topological polar surface area (TPSA) is 46.9 Å². The molecular weight excluding hydrogens is 347 g/mol. The van der Waals surface area contributed by atoms with Crippen molar-refractivity contribution in [2.24, 2.45) is 11.8 Å². The lowest BCUT2D eigenvalue weighted by Gasteiger charge is -2.23. The maximum absolute atomic E-state index is 13.8. The van der Waals surface area contributed by atoms with Crippen molar-refractivity contribution in [3.8, 4) is 0 Å². The second-order valence-electron chi connectivity index (χ2n) is 6.43. The van der Waals surface area contributed by atoms with Gasteiger partial charge < -0.3 is 15.1 Å². The quantitative estimate of drug-likeness (QED) is 0.433. The molecule has 1 aliphatic heterocycles. The molecule has 0 bridgehead atoms. The molecule has 0 spiro atoms. The summed E-state index contributed by atoms with van der Waals surface area (Å²) in [6.07, 6.45) is 0. The van der Waals surface area contributed by atoms with Crippen LogP contribution in [0.3, 0.4) is 0 Å². The summed E-state index contributed by atoms with van der Waals surface area (Å²) in [6.45, 7) is 1.01. The van der Waals surface area contributed by atoms with E-state index >= 15 is 0 Å². The Balaban J connectivity index is 2.14. The van der Waals surface area contributed by atoms with Gasteiger partial charge in [-0.15, -0.1) is 0 Å². The molecule has 0 radical (unpaired) electrons. The summed E-state index contributed by atoms with van der Waals surface area (Å²) in [4.78, 5) is 3.42. The van der Waals surface area contributed by atoms with Crippen LogP contribution in [0.25, 0.3) is 0 Å². The molecule has 9 heteroatoms. The lowest BCUT2D eigenvalue weighted by Crippen LogP contribution is -2.33. The smallest absolute Gasteiger partial charge is 0.200 e. The normalized spacial score (nSPS) is 21.5. The molecule has 0 saturated carbocycles. The van der Waals surface area contributed by atoms with Gasteiger partial charge >= 0.3 is 0 Å². The lowest BCUT2D eigenvalue weighted by atomic mass is 9.96. The summed E-state index contributed by atoms with van der Waals surface area (Å²) < 4.78 is 67.3. The Bertz CT molecular complexity index is 588. The first-order valence-electron chi connectivity index (χ1n) is 7.93. The first-order valence-corrected chi connectivity index (χ1v) is 7.93. The second-order valence-corrected chi connectivity index (χ2v) is 6.43. The summed E-state index contributed by atoms with van der Waals surface area (Å²) in [5, 5.41) is 18.4. The number of hydrogen-bond donors (Lipinski definition) is 2. The van der Waals surface area contributed by atoms with E-state index in [1.54, 1.807) is 11.9 Å². The van der Waals surface area contributed by atoms with E-state index in [0.29, 0.717) is 19.6 Å². The van der Waals surface area contributed by atoms with Crippen LogP contribution in [-0.4, -0.2) is 66.5 Å². The van der Waals surface area contributed by atoms with E-state index in [4.69, 9.17) is 5.11 Å². The Labute approximate surface area is 142 Å². The van der Waals surface area contributed by atoms with Gasteiger partial charge in [0.25, 0.3) is 0 Å². The molecule has 1 aromatic rings. The van der Waals surface area contributed by atoms with Crippen LogP contribution < -0.4 is 0 Å². The summed E-state index contributed by atoms with van der Waals surface area (Å²) in [5.74, 6) is -9.94. The van der Waals surface area contributed by atoms with E-state index in [9.17, 15) is 27.1 Å². The SMILES string of the molecule is CN(CCO)C[C@@H]1CN(Cc2c(F)c(F)c(F)c(F)c2F)C[C@@H]1CO. The minimum Gasteiger partial charge on any atom is -0.396 e. The minimum atomic E-state index is -2.17. The number of nitrogens with zero attached hydrogens (tertiary/aromatic N) is 2. The predicted octanol–water partition coefficient (Wildman–Crippen LogP) is 1.35. The average molecular weight is 368 g/mol. The van der Waals surface area contributed by atoms with Crippen molar-refractivity contribution in [2.75, 3.05) is 46.4 Å². The predicted molar refractivity (Wildman–Crippen MR) is 80.2 cm³/mol. The third kappa shape index (κ3) is 4.28. The number of benzene rings is 1. The first kappa shape index (κ1) is 20.0. The molecule has 0 aliphatic carbocycles. The number of likely N-dealkylation sites (N-methyl/N-ethyl adjacent to an activating group) is 1. The monoisotopic (exact) mass is 368 g/mol. The van der Waals surface area contributed by atoms with Crippen molar-refractivity contribution < 1.29 is 32.2 Å². The molecular formula is C16H21F5N2O2. The van der Waals surface area contributed by atoms with Gasteiger partial charge in [-0.05, 0) is 18.9 Å². The van der Waals surface area contributed by atoms with Crippen LogP contribution in [0.1, 0.15) is 5.56 Å². The fourth-order valence-electron chi connectivity index (χ4n) is 3.25. The zero-order valence-electron chi connectivity index (χ0n) is 13.8. The standard InChI is InChI=1S/C16H21F5N2O2/c1-22(2-3-24)4-9-5-23(6-10(9)8-25)7-11-12(17)14(19)16(21)15(20)13(11)18/h9-10,24-25H,2-8H2,1H3/t9-,10-/m1/s1. The van der Waals surface area contributed by atoms with Crippen molar-refractivity contribution in [2.45, 2.75) is 6.54 Å². The van der Waals surface area contributed by atoms with Crippen LogP contribution in [0.15, 0.2) is 0 Å². The van der Waals surface area contributed by atoms with Gasteiger partial charge in [0.15, 0.2) is 23.3 Å². The highest BCUT2D eigenvalue weighted by Crippen LogP contribution is 2.29. The van der Waals surface area contributed by atoms with E-state index < -0.39 is 41.2 Å². The number of rotatable bonds is 7. The molecule has 1 fully saturated rings. The van der Waals surface area contributed by atoms with Gasteiger partial charge in [-0.3, -0.25) is 4.90 Å². The number of aliphatic hydroxyl groups excluding tert-OH is 2. The Morgan fingerprint density at radius 2 is 1.44 bits per heavy atom. The molecule has 25 heavy (non-hydrogen) atoms. The molecule has 1 aliphatic rings. The number of likely N-dealkylation sites (tertiary alicyclic amines) is 1. The van der Waals surface area contributed by atoms with Crippen molar-refractivity contribution in [1.82, 2.24) is 9.80 Å². The molecule has 1 heterocycles. The van der Waals surface area contributed by atoms with E-state index in [2.05, 4.69) is 0 Å². The fraction of sp³-hybridized carbons (Fsp3) is 0.625. The van der Waals surface area contributed by atoms with Crippen LogP contribution in [0.5, 0.6) is 0 Å². The molecule has 0 amide bonds. The second kappa shape index (κ2) is 8.39. The third-order valence-electron chi connectivity index (χ3n) is 4.60. The van der Waals surface area contributed by atoms with Gasteiger partial charge in [0.2, 0.25) is 5.82 Å². The highest BCUT2D eigenvalue weighted by molar-refractivity contribution is 5.24. The number of halogens is 5. The Morgan fingerprint density at radius 3 is 1.96 bits per heavy atom. The first-order chi connectivity index (χ1) is 11.8. The minimum absolute atomic E-state index is 0.0265.